The van der Waals surface area contributed by atoms with Gasteiger partial charge in [0.25, 0.3) is 0 Å². The van der Waals surface area contributed by atoms with E-state index in [9.17, 15) is 13.9 Å². The molecule has 1 fully saturated rings. The first-order valence-corrected chi connectivity index (χ1v) is 5.82. The predicted octanol–water partition coefficient (Wildman–Crippen LogP) is 2.94. The van der Waals surface area contributed by atoms with E-state index in [0.717, 1.165) is 0 Å². The molecule has 0 amide bonds. The van der Waals surface area contributed by atoms with Crippen LogP contribution in [0.15, 0.2) is 16.6 Å². The third-order valence-electron chi connectivity index (χ3n) is 2.66. The van der Waals surface area contributed by atoms with Crippen molar-refractivity contribution in [2.24, 2.45) is 0 Å². The van der Waals surface area contributed by atoms with Gasteiger partial charge in [-0.2, -0.15) is 0 Å². The zero-order valence-electron chi connectivity index (χ0n) is 8.42. The molecule has 2 rings (SSSR count). The molecule has 1 aromatic carbocycles. The number of hydrogen-bond donors (Lipinski definition) is 1. The summed E-state index contributed by atoms with van der Waals surface area (Å²) in [6.45, 7) is 0.317. The molecule has 0 bridgehead atoms. The molecule has 1 aliphatic heterocycles. The standard InChI is InChI=1S/C11H11BrF2O2/c12-7-1-2-8(13)10(11(7)14)9-5-6(15)3-4-16-9/h1-2,6,9,15H,3-5H2. The first-order valence-electron chi connectivity index (χ1n) is 5.02. The third kappa shape index (κ3) is 2.26. The van der Waals surface area contributed by atoms with Gasteiger partial charge < -0.3 is 9.84 Å². The molecule has 0 saturated carbocycles. The highest BCUT2D eigenvalue weighted by atomic mass is 79.9. The maximum atomic E-state index is 13.7. The predicted molar refractivity (Wildman–Crippen MR) is 58.0 cm³/mol. The Morgan fingerprint density at radius 2 is 2.12 bits per heavy atom. The molecular formula is C11H11BrF2O2. The summed E-state index contributed by atoms with van der Waals surface area (Å²) in [6, 6.07) is 2.50. The van der Waals surface area contributed by atoms with E-state index in [1.165, 1.54) is 12.1 Å². The van der Waals surface area contributed by atoms with Crippen molar-refractivity contribution in [2.45, 2.75) is 25.0 Å². The lowest BCUT2D eigenvalue weighted by atomic mass is 9.98. The lowest BCUT2D eigenvalue weighted by molar-refractivity contribution is -0.0476. The van der Waals surface area contributed by atoms with Crippen molar-refractivity contribution in [3.63, 3.8) is 0 Å². The summed E-state index contributed by atoms with van der Waals surface area (Å²) in [5.74, 6) is -1.29. The molecule has 1 aromatic rings. The van der Waals surface area contributed by atoms with Crippen LogP contribution in [-0.2, 0) is 4.74 Å². The van der Waals surface area contributed by atoms with Gasteiger partial charge in [0.15, 0.2) is 0 Å². The lowest BCUT2D eigenvalue weighted by Gasteiger charge is -2.27. The van der Waals surface area contributed by atoms with Crippen LogP contribution in [0.5, 0.6) is 0 Å². The van der Waals surface area contributed by atoms with Crippen molar-refractivity contribution in [1.82, 2.24) is 0 Å². The molecule has 2 atom stereocenters. The fraction of sp³-hybridized carbons (Fsp3) is 0.455. The molecule has 0 aliphatic carbocycles. The van der Waals surface area contributed by atoms with Crippen molar-refractivity contribution < 1.29 is 18.6 Å². The van der Waals surface area contributed by atoms with Gasteiger partial charge in [0.2, 0.25) is 0 Å². The molecule has 2 unspecified atom stereocenters. The van der Waals surface area contributed by atoms with Crippen LogP contribution in [0, 0.1) is 11.6 Å². The molecule has 2 nitrogen and oxygen atoms in total. The second-order valence-electron chi connectivity index (χ2n) is 3.79. The number of halogens is 3. The summed E-state index contributed by atoms with van der Waals surface area (Å²) in [6.07, 6.45) is -0.532. The lowest BCUT2D eigenvalue weighted by Crippen LogP contribution is -2.24. The number of rotatable bonds is 1. The first-order chi connectivity index (χ1) is 7.59. The quantitative estimate of drug-likeness (QED) is 0.807. The summed E-state index contributed by atoms with van der Waals surface area (Å²) < 4.78 is 32.7. The second kappa shape index (κ2) is 4.77. The Kier molecular flexibility index (Phi) is 3.56. The fourth-order valence-electron chi connectivity index (χ4n) is 1.82. The maximum absolute atomic E-state index is 13.7. The van der Waals surface area contributed by atoms with Crippen LogP contribution < -0.4 is 0 Å². The van der Waals surface area contributed by atoms with Gasteiger partial charge >= 0.3 is 0 Å². The molecule has 16 heavy (non-hydrogen) atoms. The maximum Gasteiger partial charge on any atom is 0.146 e. The number of aliphatic hydroxyl groups is 1. The number of ether oxygens (including phenoxy) is 1. The van der Waals surface area contributed by atoms with Crippen molar-refractivity contribution in [3.8, 4) is 0 Å². The SMILES string of the molecule is OC1CCOC(c2c(F)ccc(Br)c2F)C1. The minimum atomic E-state index is -0.707. The Labute approximate surface area is 100 Å². The van der Waals surface area contributed by atoms with Crippen LogP contribution in [0.2, 0.25) is 0 Å². The van der Waals surface area contributed by atoms with Crippen LogP contribution in [0.25, 0.3) is 0 Å². The van der Waals surface area contributed by atoms with E-state index in [-0.39, 0.29) is 16.5 Å². The number of aliphatic hydroxyl groups excluding tert-OH is 1. The summed E-state index contributed by atoms with van der Waals surface area (Å²) in [7, 11) is 0. The van der Waals surface area contributed by atoms with Gasteiger partial charge in [-0.05, 0) is 34.5 Å². The van der Waals surface area contributed by atoms with Crippen molar-refractivity contribution in [2.75, 3.05) is 6.61 Å². The highest BCUT2D eigenvalue weighted by molar-refractivity contribution is 9.10. The Morgan fingerprint density at radius 1 is 1.38 bits per heavy atom. The van der Waals surface area contributed by atoms with E-state index < -0.39 is 23.8 Å². The minimum absolute atomic E-state index is 0.104. The molecule has 88 valence electrons. The van der Waals surface area contributed by atoms with E-state index in [1.54, 1.807) is 0 Å². The van der Waals surface area contributed by atoms with Crippen LogP contribution in [0.3, 0.4) is 0 Å². The molecule has 1 aliphatic rings. The Balaban J connectivity index is 2.35. The van der Waals surface area contributed by atoms with Gasteiger partial charge in [-0.1, -0.05) is 0 Å². The Morgan fingerprint density at radius 3 is 2.81 bits per heavy atom. The summed E-state index contributed by atoms with van der Waals surface area (Å²) in [5.41, 5.74) is -0.104. The normalized spacial score (nSPS) is 25.8. The topological polar surface area (TPSA) is 29.5 Å². The van der Waals surface area contributed by atoms with Crippen LogP contribution >= 0.6 is 15.9 Å². The van der Waals surface area contributed by atoms with E-state index in [4.69, 9.17) is 4.74 Å². The van der Waals surface area contributed by atoms with Gasteiger partial charge in [-0.15, -0.1) is 0 Å². The molecule has 1 N–H and O–H groups in total. The van der Waals surface area contributed by atoms with Crippen molar-refractivity contribution in [3.05, 3.63) is 33.8 Å². The molecular weight excluding hydrogens is 282 g/mol. The molecule has 1 saturated heterocycles. The number of hydrogen-bond acceptors (Lipinski definition) is 2. The Hall–Kier alpha value is -0.520. The first kappa shape index (κ1) is 12.0. The molecule has 0 spiro atoms. The van der Waals surface area contributed by atoms with Gasteiger partial charge in [-0.3, -0.25) is 0 Å². The Bertz CT molecular complexity index is 398. The molecule has 0 aromatic heterocycles. The van der Waals surface area contributed by atoms with E-state index >= 15 is 0 Å². The highest BCUT2D eigenvalue weighted by Gasteiger charge is 2.28. The zero-order valence-corrected chi connectivity index (χ0v) is 10.0. The van der Waals surface area contributed by atoms with Gasteiger partial charge in [-0.25, -0.2) is 8.78 Å². The van der Waals surface area contributed by atoms with Crippen LogP contribution in [0.4, 0.5) is 8.78 Å². The molecule has 0 radical (unpaired) electrons. The second-order valence-corrected chi connectivity index (χ2v) is 4.65. The van der Waals surface area contributed by atoms with Gasteiger partial charge in [0.1, 0.15) is 11.6 Å². The smallest absolute Gasteiger partial charge is 0.146 e. The highest BCUT2D eigenvalue weighted by Crippen LogP contribution is 2.34. The number of benzene rings is 1. The minimum Gasteiger partial charge on any atom is -0.393 e. The van der Waals surface area contributed by atoms with Crippen molar-refractivity contribution in [1.29, 1.82) is 0 Å². The summed E-state index contributed by atoms with van der Waals surface area (Å²) >= 11 is 3.00. The van der Waals surface area contributed by atoms with E-state index in [2.05, 4.69) is 15.9 Å². The largest absolute Gasteiger partial charge is 0.393 e. The monoisotopic (exact) mass is 292 g/mol. The summed E-state index contributed by atoms with van der Waals surface area (Å²) in [4.78, 5) is 0. The van der Waals surface area contributed by atoms with Gasteiger partial charge in [0, 0.05) is 13.0 Å². The van der Waals surface area contributed by atoms with E-state index in [0.29, 0.717) is 13.0 Å². The molecule has 5 heteroatoms. The zero-order chi connectivity index (χ0) is 11.7. The van der Waals surface area contributed by atoms with Crippen LogP contribution in [0.1, 0.15) is 24.5 Å². The van der Waals surface area contributed by atoms with Gasteiger partial charge in [0.05, 0.1) is 22.2 Å². The fourth-order valence-corrected chi connectivity index (χ4v) is 2.16. The van der Waals surface area contributed by atoms with Crippen molar-refractivity contribution >= 4 is 15.9 Å². The molecule has 1 heterocycles. The van der Waals surface area contributed by atoms with E-state index in [1.807, 2.05) is 0 Å². The average molecular weight is 293 g/mol. The average Bonchev–Trinajstić information content (AvgIpc) is 2.24. The summed E-state index contributed by atoms with van der Waals surface area (Å²) in [5, 5.41) is 9.46. The van der Waals surface area contributed by atoms with Crippen LogP contribution in [-0.4, -0.2) is 17.8 Å². The third-order valence-corrected chi connectivity index (χ3v) is 3.27.